The van der Waals surface area contributed by atoms with Gasteiger partial charge in [-0.1, -0.05) is 0 Å². The molecule has 0 spiro atoms. The zero-order valence-electron chi connectivity index (χ0n) is 11.0. The van der Waals surface area contributed by atoms with E-state index >= 15 is 0 Å². The van der Waals surface area contributed by atoms with Gasteiger partial charge in [0.15, 0.2) is 5.13 Å². The third kappa shape index (κ3) is 3.40. The van der Waals surface area contributed by atoms with Gasteiger partial charge in [-0.2, -0.15) is 0 Å². The summed E-state index contributed by atoms with van der Waals surface area (Å²) in [7, 11) is 0. The molecule has 0 amide bonds. The van der Waals surface area contributed by atoms with Crippen LogP contribution in [-0.4, -0.2) is 34.2 Å². The SMILES string of the molecule is CC1(C)CN(Cc2csc(N)n2)CC(C)(C)O1. The van der Waals surface area contributed by atoms with Crippen molar-refractivity contribution < 1.29 is 4.74 Å². The lowest BCUT2D eigenvalue weighted by Crippen LogP contribution is -2.56. The summed E-state index contributed by atoms with van der Waals surface area (Å²) in [6.45, 7) is 11.2. The molecule has 4 nitrogen and oxygen atoms in total. The predicted octanol–water partition coefficient (Wildman–Crippen LogP) is 2.11. The van der Waals surface area contributed by atoms with Crippen LogP contribution in [0.1, 0.15) is 33.4 Å². The van der Waals surface area contributed by atoms with E-state index in [4.69, 9.17) is 10.5 Å². The van der Waals surface area contributed by atoms with Gasteiger partial charge >= 0.3 is 0 Å². The topological polar surface area (TPSA) is 51.4 Å². The van der Waals surface area contributed by atoms with Crippen LogP contribution in [-0.2, 0) is 11.3 Å². The number of thiazole rings is 1. The monoisotopic (exact) mass is 255 g/mol. The summed E-state index contributed by atoms with van der Waals surface area (Å²) in [4.78, 5) is 6.70. The Kier molecular flexibility index (Phi) is 3.18. The summed E-state index contributed by atoms with van der Waals surface area (Å²) in [5.74, 6) is 0. The number of hydrogen-bond donors (Lipinski definition) is 1. The van der Waals surface area contributed by atoms with E-state index in [0.29, 0.717) is 5.13 Å². The van der Waals surface area contributed by atoms with Crippen molar-refractivity contribution in [3.63, 3.8) is 0 Å². The lowest BCUT2D eigenvalue weighted by molar-refractivity contribution is -0.182. The van der Waals surface area contributed by atoms with Crippen LogP contribution < -0.4 is 5.73 Å². The van der Waals surface area contributed by atoms with E-state index in [0.717, 1.165) is 25.3 Å². The summed E-state index contributed by atoms with van der Waals surface area (Å²) >= 11 is 1.50. The Morgan fingerprint density at radius 1 is 1.35 bits per heavy atom. The second-order valence-corrected chi connectivity index (χ2v) is 6.83. The van der Waals surface area contributed by atoms with Gasteiger partial charge < -0.3 is 10.5 Å². The van der Waals surface area contributed by atoms with Crippen LogP contribution >= 0.6 is 11.3 Å². The molecule has 2 N–H and O–H groups in total. The Bertz CT molecular complexity index is 384. The van der Waals surface area contributed by atoms with E-state index in [9.17, 15) is 0 Å². The number of nitrogen functional groups attached to an aromatic ring is 1. The minimum absolute atomic E-state index is 0.108. The molecule has 1 aliphatic rings. The first-order valence-corrected chi connectivity index (χ1v) is 6.76. The van der Waals surface area contributed by atoms with Gasteiger partial charge in [0, 0.05) is 25.0 Å². The average molecular weight is 255 g/mol. The summed E-state index contributed by atoms with van der Waals surface area (Å²) in [6, 6.07) is 0. The zero-order chi connectivity index (χ0) is 12.7. The molecule has 1 aromatic rings. The van der Waals surface area contributed by atoms with Gasteiger partial charge in [-0.25, -0.2) is 4.98 Å². The summed E-state index contributed by atoms with van der Waals surface area (Å²) in [5, 5.41) is 2.68. The molecule has 1 saturated heterocycles. The van der Waals surface area contributed by atoms with Gasteiger partial charge in [-0.05, 0) is 27.7 Å². The largest absolute Gasteiger partial charge is 0.375 e. The third-order valence-electron chi connectivity index (χ3n) is 2.72. The molecule has 0 aromatic carbocycles. The van der Waals surface area contributed by atoms with E-state index in [-0.39, 0.29) is 11.2 Å². The molecule has 1 aromatic heterocycles. The van der Waals surface area contributed by atoms with Gasteiger partial charge in [-0.15, -0.1) is 11.3 Å². The number of morpholine rings is 1. The fourth-order valence-corrected chi connectivity index (χ4v) is 3.24. The molecule has 2 heterocycles. The van der Waals surface area contributed by atoms with Gasteiger partial charge in [0.25, 0.3) is 0 Å². The number of anilines is 1. The highest BCUT2D eigenvalue weighted by molar-refractivity contribution is 7.13. The van der Waals surface area contributed by atoms with Gasteiger partial charge in [0.05, 0.1) is 16.9 Å². The van der Waals surface area contributed by atoms with Crippen LogP contribution in [0, 0.1) is 0 Å². The molecule has 2 rings (SSSR count). The normalized spacial score (nSPS) is 23.8. The Morgan fingerprint density at radius 2 is 1.94 bits per heavy atom. The fraction of sp³-hybridized carbons (Fsp3) is 0.750. The zero-order valence-corrected chi connectivity index (χ0v) is 11.8. The maximum atomic E-state index is 6.05. The molecular weight excluding hydrogens is 234 g/mol. The molecular formula is C12H21N3OS. The summed E-state index contributed by atoms with van der Waals surface area (Å²) in [5.41, 5.74) is 6.50. The molecule has 5 heteroatoms. The molecule has 0 unspecified atom stereocenters. The fourth-order valence-electron chi connectivity index (χ4n) is 2.68. The van der Waals surface area contributed by atoms with Crippen molar-refractivity contribution in [2.75, 3.05) is 18.8 Å². The maximum Gasteiger partial charge on any atom is 0.180 e. The van der Waals surface area contributed by atoms with Crippen molar-refractivity contribution in [1.29, 1.82) is 0 Å². The molecule has 17 heavy (non-hydrogen) atoms. The van der Waals surface area contributed by atoms with Crippen LogP contribution in [0.3, 0.4) is 0 Å². The Morgan fingerprint density at radius 3 is 2.41 bits per heavy atom. The molecule has 1 aliphatic heterocycles. The van der Waals surface area contributed by atoms with Crippen molar-refractivity contribution in [1.82, 2.24) is 9.88 Å². The molecule has 0 aliphatic carbocycles. The molecule has 1 fully saturated rings. The van der Waals surface area contributed by atoms with Crippen LogP contribution in [0.15, 0.2) is 5.38 Å². The first kappa shape index (κ1) is 12.8. The first-order chi connectivity index (χ1) is 7.76. The summed E-state index contributed by atoms with van der Waals surface area (Å²) in [6.07, 6.45) is 0. The number of nitrogens with zero attached hydrogens (tertiary/aromatic N) is 2. The number of rotatable bonds is 2. The van der Waals surface area contributed by atoms with Crippen LogP contribution in [0.5, 0.6) is 0 Å². The highest BCUT2D eigenvalue weighted by Crippen LogP contribution is 2.29. The van der Waals surface area contributed by atoms with E-state index < -0.39 is 0 Å². The highest BCUT2D eigenvalue weighted by atomic mass is 32.1. The van der Waals surface area contributed by atoms with E-state index in [1.54, 1.807) is 0 Å². The van der Waals surface area contributed by atoms with Crippen LogP contribution in [0.2, 0.25) is 0 Å². The predicted molar refractivity (Wildman–Crippen MR) is 71.0 cm³/mol. The highest BCUT2D eigenvalue weighted by Gasteiger charge is 2.38. The van der Waals surface area contributed by atoms with E-state index in [1.807, 2.05) is 5.38 Å². The first-order valence-electron chi connectivity index (χ1n) is 5.88. The quantitative estimate of drug-likeness (QED) is 0.879. The maximum absolute atomic E-state index is 6.05. The number of ether oxygens (including phenoxy) is 1. The third-order valence-corrected chi connectivity index (χ3v) is 3.44. The standard InChI is InChI=1S/C12H21N3OS/c1-11(2)7-15(8-12(3,4)16-11)5-9-6-17-10(13)14-9/h6H,5,7-8H2,1-4H3,(H2,13,14). The molecule has 0 radical (unpaired) electrons. The number of hydrogen-bond acceptors (Lipinski definition) is 5. The molecule has 0 bridgehead atoms. The lowest BCUT2D eigenvalue weighted by Gasteiger charge is -2.47. The average Bonchev–Trinajstić information content (AvgIpc) is 2.44. The van der Waals surface area contributed by atoms with Crippen molar-refractivity contribution in [2.24, 2.45) is 0 Å². The van der Waals surface area contributed by atoms with Crippen molar-refractivity contribution in [3.8, 4) is 0 Å². The second kappa shape index (κ2) is 4.23. The number of aromatic nitrogens is 1. The van der Waals surface area contributed by atoms with Crippen LogP contribution in [0.25, 0.3) is 0 Å². The van der Waals surface area contributed by atoms with Crippen LogP contribution in [0.4, 0.5) is 5.13 Å². The Labute approximate surface area is 107 Å². The summed E-state index contributed by atoms with van der Waals surface area (Å²) < 4.78 is 6.05. The van der Waals surface area contributed by atoms with Crippen molar-refractivity contribution in [3.05, 3.63) is 11.1 Å². The second-order valence-electron chi connectivity index (χ2n) is 5.94. The molecule has 0 atom stereocenters. The van der Waals surface area contributed by atoms with Crippen molar-refractivity contribution in [2.45, 2.75) is 45.4 Å². The van der Waals surface area contributed by atoms with Gasteiger partial charge in [0.2, 0.25) is 0 Å². The van der Waals surface area contributed by atoms with Gasteiger partial charge in [-0.3, -0.25) is 4.90 Å². The molecule has 96 valence electrons. The minimum atomic E-state index is -0.108. The van der Waals surface area contributed by atoms with Gasteiger partial charge in [0.1, 0.15) is 0 Å². The lowest BCUT2D eigenvalue weighted by atomic mass is 9.99. The van der Waals surface area contributed by atoms with E-state index in [2.05, 4.69) is 37.6 Å². The van der Waals surface area contributed by atoms with Crippen molar-refractivity contribution >= 4 is 16.5 Å². The minimum Gasteiger partial charge on any atom is -0.375 e. The van der Waals surface area contributed by atoms with E-state index in [1.165, 1.54) is 11.3 Å². The number of nitrogens with two attached hydrogens (primary N) is 1. The molecule has 0 saturated carbocycles. The Hall–Kier alpha value is -0.650. The smallest absolute Gasteiger partial charge is 0.180 e. The Balaban J connectivity index is 2.06.